The van der Waals surface area contributed by atoms with Crippen molar-refractivity contribution in [3.63, 3.8) is 0 Å². The Kier molecular flexibility index (Phi) is 66.2. The molecule has 0 N–H and O–H groups in total. The average Bonchev–Trinajstić information content (AvgIpc) is 3.46. The van der Waals surface area contributed by atoms with Crippen molar-refractivity contribution in [2.75, 3.05) is 13.2 Å². The third-order valence-corrected chi connectivity index (χ3v) is 15.4. The fourth-order valence-corrected chi connectivity index (χ4v) is 10.1. The summed E-state index contributed by atoms with van der Waals surface area (Å²) in [5.74, 6) is -0.886. The van der Waals surface area contributed by atoms with Crippen LogP contribution < -0.4 is 0 Å². The van der Waals surface area contributed by atoms with E-state index in [1.165, 1.54) is 199 Å². The number of ether oxygens (including phenoxy) is 3. The highest BCUT2D eigenvalue weighted by atomic mass is 16.6. The van der Waals surface area contributed by atoms with Gasteiger partial charge in [-0.15, -0.1) is 0 Å². The Balaban J connectivity index is 4.09. The number of rotatable bonds is 64. The highest BCUT2D eigenvalue weighted by Crippen LogP contribution is 2.18. The third kappa shape index (κ3) is 67.3. The number of esters is 3. The Labute approximate surface area is 503 Å². The molecule has 0 fully saturated rings. The number of hydrogen-bond donors (Lipinski definition) is 0. The molecule has 0 aromatic heterocycles. The zero-order chi connectivity index (χ0) is 58.5. The van der Waals surface area contributed by atoms with E-state index >= 15 is 0 Å². The lowest BCUT2D eigenvalue weighted by Crippen LogP contribution is -2.30. The van der Waals surface area contributed by atoms with Gasteiger partial charge in [0.1, 0.15) is 13.2 Å². The van der Waals surface area contributed by atoms with E-state index in [1.807, 2.05) is 0 Å². The number of carbonyl (C=O) groups is 3. The van der Waals surface area contributed by atoms with Crippen LogP contribution in [-0.4, -0.2) is 37.2 Å². The Morgan fingerprint density at radius 2 is 0.481 bits per heavy atom. The predicted octanol–water partition coefficient (Wildman–Crippen LogP) is 24.2. The van der Waals surface area contributed by atoms with Gasteiger partial charge in [-0.1, -0.05) is 305 Å². The van der Waals surface area contributed by atoms with Crippen LogP contribution in [0.2, 0.25) is 0 Å². The van der Waals surface area contributed by atoms with Gasteiger partial charge in [-0.25, -0.2) is 0 Å². The molecule has 6 nitrogen and oxygen atoms in total. The minimum atomic E-state index is -0.785. The monoisotopic (exact) mass is 1130 g/mol. The van der Waals surface area contributed by atoms with E-state index < -0.39 is 6.10 Å². The first-order valence-electron chi connectivity index (χ1n) is 35.1. The van der Waals surface area contributed by atoms with Crippen LogP contribution in [0.25, 0.3) is 0 Å². The van der Waals surface area contributed by atoms with Crippen molar-refractivity contribution in [1.82, 2.24) is 0 Å². The Morgan fingerprint density at radius 1 is 0.259 bits per heavy atom. The van der Waals surface area contributed by atoms with Gasteiger partial charge in [-0.2, -0.15) is 0 Å². The molecule has 6 heteroatoms. The SMILES string of the molecule is CC/C=C\C/C=C\C/C=C\C/C=C\CCCCCCCCCCCCCCCCCCCCCCCCC(=O)OCC(COC(=O)CCCCCCC/C=C\CCCCCC)OC(=O)CCCCCCC/C=C\C/C=C\CCCCC. The Hall–Kier alpha value is -3.41. The molecule has 0 rings (SSSR count). The van der Waals surface area contributed by atoms with Gasteiger partial charge in [0.25, 0.3) is 0 Å². The van der Waals surface area contributed by atoms with E-state index in [0.29, 0.717) is 19.3 Å². The third-order valence-electron chi connectivity index (χ3n) is 15.4. The summed E-state index contributed by atoms with van der Waals surface area (Å²) in [6.07, 6.45) is 92.0. The molecule has 0 aliphatic heterocycles. The molecule has 1 atom stereocenters. The molecule has 0 aromatic carbocycles. The van der Waals surface area contributed by atoms with Crippen LogP contribution in [-0.2, 0) is 28.6 Å². The molecule has 0 saturated carbocycles. The number of carbonyl (C=O) groups excluding carboxylic acids is 3. The van der Waals surface area contributed by atoms with E-state index in [0.717, 1.165) is 116 Å². The van der Waals surface area contributed by atoms with Crippen LogP contribution in [0, 0.1) is 0 Å². The van der Waals surface area contributed by atoms with Gasteiger partial charge in [-0.05, 0) is 116 Å². The molecular weight excluding hydrogens is 997 g/mol. The quantitative estimate of drug-likeness (QED) is 0.0261. The number of unbranched alkanes of at least 4 members (excludes halogenated alkanes) is 39. The largest absolute Gasteiger partial charge is 0.462 e. The summed E-state index contributed by atoms with van der Waals surface area (Å²) in [6, 6.07) is 0. The first-order valence-corrected chi connectivity index (χ1v) is 35.1. The number of hydrogen-bond acceptors (Lipinski definition) is 6. The van der Waals surface area contributed by atoms with Gasteiger partial charge in [0.05, 0.1) is 0 Å². The molecule has 0 aliphatic rings. The molecule has 81 heavy (non-hydrogen) atoms. The minimum Gasteiger partial charge on any atom is -0.462 e. The summed E-state index contributed by atoms with van der Waals surface area (Å²) < 4.78 is 16.9. The second kappa shape index (κ2) is 69.1. The van der Waals surface area contributed by atoms with Gasteiger partial charge in [0.15, 0.2) is 6.10 Å². The average molecular weight is 1130 g/mol. The molecule has 1 unspecified atom stereocenters. The van der Waals surface area contributed by atoms with Crippen molar-refractivity contribution in [1.29, 1.82) is 0 Å². The van der Waals surface area contributed by atoms with Crippen LogP contribution in [0.1, 0.15) is 355 Å². The zero-order valence-electron chi connectivity index (χ0n) is 53.8. The maximum atomic E-state index is 12.9. The highest BCUT2D eigenvalue weighted by molar-refractivity contribution is 5.71. The molecule has 0 saturated heterocycles. The van der Waals surface area contributed by atoms with Gasteiger partial charge < -0.3 is 14.2 Å². The fraction of sp³-hybridized carbons (Fsp3) is 0.773. The maximum absolute atomic E-state index is 12.9. The van der Waals surface area contributed by atoms with Crippen LogP contribution in [0.3, 0.4) is 0 Å². The van der Waals surface area contributed by atoms with E-state index in [9.17, 15) is 14.4 Å². The fourth-order valence-electron chi connectivity index (χ4n) is 10.1. The zero-order valence-corrected chi connectivity index (χ0v) is 53.8. The molecule has 0 amide bonds. The predicted molar refractivity (Wildman–Crippen MR) is 353 cm³/mol. The van der Waals surface area contributed by atoms with Crippen molar-refractivity contribution in [3.8, 4) is 0 Å². The first-order chi connectivity index (χ1) is 40.0. The second-order valence-corrected chi connectivity index (χ2v) is 23.4. The summed E-state index contributed by atoms with van der Waals surface area (Å²) in [5.41, 5.74) is 0. The number of allylic oxidation sites excluding steroid dienone is 14. The van der Waals surface area contributed by atoms with Crippen molar-refractivity contribution in [3.05, 3.63) is 85.1 Å². The van der Waals surface area contributed by atoms with E-state index in [1.54, 1.807) is 0 Å². The van der Waals surface area contributed by atoms with Gasteiger partial charge in [0.2, 0.25) is 0 Å². The first kappa shape index (κ1) is 77.6. The molecule has 0 spiro atoms. The topological polar surface area (TPSA) is 78.9 Å². The van der Waals surface area contributed by atoms with Crippen LogP contribution >= 0.6 is 0 Å². The summed E-state index contributed by atoms with van der Waals surface area (Å²) in [7, 11) is 0. The standard InChI is InChI=1S/C75H132O6/c1-4-7-10-13-16-19-22-25-27-28-29-30-31-32-33-34-35-36-37-38-39-40-41-42-43-44-45-46-48-50-53-56-59-62-65-68-74(77)80-71-72(70-79-73(76)67-64-61-58-55-52-49-24-21-18-15-12-9-6-3)81-75(78)69-66-63-60-57-54-51-47-26-23-20-17-14-11-8-5-2/h7,10,16-17,19-21,24-27,29-30,47,72H,4-6,8-9,11-15,18,22-23,28,31-46,48-71H2,1-3H3/b10-7-,19-16-,20-17-,24-21-,27-25-,30-29-,47-26-. The van der Waals surface area contributed by atoms with Crippen molar-refractivity contribution in [2.24, 2.45) is 0 Å². The second-order valence-electron chi connectivity index (χ2n) is 23.4. The summed E-state index contributed by atoms with van der Waals surface area (Å²) in [6.45, 7) is 6.51. The lowest BCUT2D eigenvalue weighted by Gasteiger charge is -2.18. The normalized spacial score (nSPS) is 12.6. The minimum absolute atomic E-state index is 0.0803. The van der Waals surface area contributed by atoms with Crippen molar-refractivity contribution < 1.29 is 28.6 Å². The van der Waals surface area contributed by atoms with Crippen LogP contribution in [0.4, 0.5) is 0 Å². The molecule has 0 radical (unpaired) electrons. The highest BCUT2D eigenvalue weighted by Gasteiger charge is 2.19. The molecule has 0 aliphatic carbocycles. The van der Waals surface area contributed by atoms with Gasteiger partial charge >= 0.3 is 17.9 Å². The summed E-state index contributed by atoms with van der Waals surface area (Å²) in [4.78, 5) is 38.3. The van der Waals surface area contributed by atoms with Gasteiger partial charge in [-0.3, -0.25) is 14.4 Å². The Morgan fingerprint density at radius 3 is 0.790 bits per heavy atom. The molecule has 0 aromatic rings. The van der Waals surface area contributed by atoms with Crippen molar-refractivity contribution in [2.45, 2.75) is 361 Å². The molecule has 468 valence electrons. The summed E-state index contributed by atoms with van der Waals surface area (Å²) >= 11 is 0. The van der Waals surface area contributed by atoms with E-state index in [2.05, 4.69) is 106 Å². The Bertz CT molecular complexity index is 1530. The smallest absolute Gasteiger partial charge is 0.306 e. The van der Waals surface area contributed by atoms with E-state index in [-0.39, 0.29) is 31.1 Å². The molecular formula is C75H132O6. The van der Waals surface area contributed by atoms with E-state index in [4.69, 9.17) is 14.2 Å². The van der Waals surface area contributed by atoms with Crippen LogP contribution in [0.15, 0.2) is 85.1 Å². The maximum Gasteiger partial charge on any atom is 0.306 e. The van der Waals surface area contributed by atoms with Gasteiger partial charge in [0, 0.05) is 19.3 Å². The lowest BCUT2D eigenvalue weighted by molar-refractivity contribution is -0.167. The molecule has 0 heterocycles. The van der Waals surface area contributed by atoms with Crippen molar-refractivity contribution >= 4 is 17.9 Å². The lowest BCUT2D eigenvalue weighted by atomic mass is 10.0. The summed E-state index contributed by atoms with van der Waals surface area (Å²) in [5, 5.41) is 0. The van der Waals surface area contributed by atoms with Crippen LogP contribution in [0.5, 0.6) is 0 Å². The molecule has 0 bridgehead atoms.